The van der Waals surface area contributed by atoms with E-state index in [0.29, 0.717) is 6.54 Å². The standard InChI is InChI=1S/C12H24N2O2/c1-3-4-6-10(13)11(15)14-9-12(2)7-5-8-16-12/h10H,3-9,13H2,1-2H3,(H,14,15)/t10-,12?/m0/s1. The van der Waals surface area contributed by atoms with Crippen LogP contribution >= 0.6 is 0 Å². The summed E-state index contributed by atoms with van der Waals surface area (Å²) in [4.78, 5) is 11.7. The number of nitrogens with two attached hydrogens (primary N) is 1. The van der Waals surface area contributed by atoms with E-state index in [1.54, 1.807) is 0 Å². The van der Waals surface area contributed by atoms with E-state index in [-0.39, 0.29) is 17.6 Å². The van der Waals surface area contributed by atoms with Gasteiger partial charge in [0.2, 0.25) is 5.91 Å². The van der Waals surface area contributed by atoms with Crippen LogP contribution in [0, 0.1) is 0 Å². The highest BCUT2D eigenvalue weighted by molar-refractivity contribution is 5.81. The molecule has 3 N–H and O–H groups in total. The van der Waals surface area contributed by atoms with Gasteiger partial charge < -0.3 is 15.8 Å². The van der Waals surface area contributed by atoms with Crippen molar-refractivity contribution >= 4 is 5.91 Å². The molecule has 1 saturated heterocycles. The fraction of sp³-hybridized carbons (Fsp3) is 0.917. The van der Waals surface area contributed by atoms with Crippen molar-refractivity contribution in [1.82, 2.24) is 5.32 Å². The second-order valence-electron chi connectivity index (χ2n) is 4.87. The van der Waals surface area contributed by atoms with Gasteiger partial charge in [-0.3, -0.25) is 4.79 Å². The zero-order valence-corrected chi connectivity index (χ0v) is 10.4. The molecule has 0 radical (unpaired) electrons. The highest BCUT2D eigenvalue weighted by Gasteiger charge is 2.30. The van der Waals surface area contributed by atoms with Gasteiger partial charge in [0.05, 0.1) is 11.6 Å². The first-order chi connectivity index (χ1) is 7.57. The van der Waals surface area contributed by atoms with Crippen LogP contribution in [0.25, 0.3) is 0 Å². The zero-order valence-electron chi connectivity index (χ0n) is 10.4. The number of nitrogens with one attached hydrogen (secondary N) is 1. The summed E-state index contributed by atoms with van der Waals surface area (Å²) in [6, 6.07) is -0.370. The highest BCUT2D eigenvalue weighted by atomic mass is 16.5. The third kappa shape index (κ3) is 4.10. The molecule has 1 fully saturated rings. The zero-order chi connectivity index (χ0) is 12.0. The van der Waals surface area contributed by atoms with E-state index in [1.165, 1.54) is 0 Å². The fourth-order valence-corrected chi connectivity index (χ4v) is 1.94. The number of ether oxygens (including phenoxy) is 1. The molecule has 1 amide bonds. The number of carbonyl (C=O) groups excluding carboxylic acids is 1. The third-order valence-electron chi connectivity index (χ3n) is 3.14. The van der Waals surface area contributed by atoms with Crippen LogP contribution in [0.5, 0.6) is 0 Å². The lowest BCUT2D eigenvalue weighted by Gasteiger charge is -2.24. The Kier molecular flexibility index (Phi) is 5.22. The van der Waals surface area contributed by atoms with Crippen molar-refractivity contribution in [2.75, 3.05) is 13.2 Å². The Morgan fingerprint density at radius 3 is 2.94 bits per heavy atom. The Bertz CT molecular complexity index is 225. The van der Waals surface area contributed by atoms with Crippen LogP contribution < -0.4 is 11.1 Å². The van der Waals surface area contributed by atoms with E-state index >= 15 is 0 Å². The van der Waals surface area contributed by atoms with Gasteiger partial charge in [0, 0.05) is 13.2 Å². The van der Waals surface area contributed by atoms with Crippen molar-refractivity contribution in [2.24, 2.45) is 5.73 Å². The lowest BCUT2D eigenvalue weighted by atomic mass is 10.0. The van der Waals surface area contributed by atoms with Crippen LogP contribution in [0.15, 0.2) is 0 Å². The van der Waals surface area contributed by atoms with Gasteiger partial charge in [-0.25, -0.2) is 0 Å². The predicted octanol–water partition coefficient (Wildman–Crippen LogP) is 1.19. The van der Waals surface area contributed by atoms with E-state index in [9.17, 15) is 4.79 Å². The van der Waals surface area contributed by atoms with Crippen LogP contribution in [-0.4, -0.2) is 30.7 Å². The predicted molar refractivity (Wildman–Crippen MR) is 64.1 cm³/mol. The Balaban J connectivity index is 2.23. The van der Waals surface area contributed by atoms with Gasteiger partial charge in [0.25, 0.3) is 0 Å². The molecular formula is C12H24N2O2. The summed E-state index contributed by atoms with van der Waals surface area (Å²) in [5.41, 5.74) is 5.60. The number of unbranched alkanes of at least 4 members (excludes halogenated alkanes) is 1. The van der Waals surface area contributed by atoms with Crippen molar-refractivity contribution in [2.45, 2.75) is 57.6 Å². The molecule has 0 aromatic carbocycles. The van der Waals surface area contributed by atoms with Gasteiger partial charge in [-0.2, -0.15) is 0 Å². The number of hydrogen-bond acceptors (Lipinski definition) is 3. The normalized spacial score (nSPS) is 26.7. The van der Waals surface area contributed by atoms with Gasteiger partial charge in [0.15, 0.2) is 0 Å². The second kappa shape index (κ2) is 6.21. The van der Waals surface area contributed by atoms with Crippen molar-refractivity contribution in [3.63, 3.8) is 0 Å². The Labute approximate surface area is 97.9 Å². The van der Waals surface area contributed by atoms with Gasteiger partial charge in [-0.05, 0) is 26.2 Å². The highest BCUT2D eigenvalue weighted by Crippen LogP contribution is 2.23. The first kappa shape index (κ1) is 13.5. The average molecular weight is 228 g/mol. The maximum atomic E-state index is 11.7. The minimum absolute atomic E-state index is 0.0508. The van der Waals surface area contributed by atoms with Gasteiger partial charge in [-0.1, -0.05) is 19.8 Å². The topological polar surface area (TPSA) is 64.4 Å². The maximum absolute atomic E-state index is 11.7. The molecule has 4 heteroatoms. The quantitative estimate of drug-likeness (QED) is 0.717. The fourth-order valence-electron chi connectivity index (χ4n) is 1.94. The van der Waals surface area contributed by atoms with Crippen LogP contribution in [-0.2, 0) is 9.53 Å². The van der Waals surface area contributed by atoms with Gasteiger partial charge in [-0.15, -0.1) is 0 Å². The summed E-state index contributed by atoms with van der Waals surface area (Å²) in [5, 5.41) is 2.88. The Morgan fingerprint density at radius 1 is 1.62 bits per heavy atom. The number of carbonyl (C=O) groups is 1. The first-order valence-electron chi connectivity index (χ1n) is 6.24. The van der Waals surface area contributed by atoms with Crippen molar-refractivity contribution in [3.05, 3.63) is 0 Å². The second-order valence-corrected chi connectivity index (χ2v) is 4.87. The smallest absolute Gasteiger partial charge is 0.237 e. The van der Waals surface area contributed by atoms with E-state index in [1.807, 2.05) is 6.92 Å². The van der Waals surface area contributed by atoms with Crippen LogP contribution in [0.4, 0.5) is 0 Å². The molecule has 1 unspecified atom stereocenters. The van der Waals surface area contributed by atoms with Crippen molar-refractivity contribution < 1.29 is 9.53 Å². The maximum Gasteiger partial charge on any atom is 0.237 e. The molecule has 94 valence electrons. The molecule has 1 aliphatic rings. The van der Waals surface area contributed by atoms with Gasteiger partial charge in [0.1, 0.15) is 0 Å². The summed E-state index contributed by atoms with van der Waals surface area (Å²) in [6.45, 7) is 5.51. The largest absolute Gasteiger partial charge is 0.373 e. The third-order valence-corrected chi connectivity index (χ3v) is 3.14. The van der Waals surface area contributed by atoms with Crippen LogP contribution in [0.1, 0.15) is 46.0 Å². The van der Waals surface area contributed by atoms with Crippen LogP contribution in [0.2, 0.25) is 0 Å². The molecular weight excluding hydrogens is 204 g/mol. The molecule has 0 bridgehead atoms. The molecule has 0 spiro atoms. The Morgan fingerprint density at radius 2 is 2.38 bits per heavy atom. The minimum Gasteiger partial charge on any atom is -0.373 e. The lowest BCUT2D eigenvalue weighted by Crippen LogP contribution is -2.46. The number of hydrogen-bond donors (Lipinski definition) is 2. The van der Waals surface area contributed by atoms with Gasteiger partial charge >= 0.3 is 0 Å². The molecule has 1 aliphatic heterocycles. The number of amides is 1. The molecule has 0 aliphatic carbocycles. The monoisotopic (exact) mass is 228 g/mol. The summed E-state index contributed by atoms with van der Waals surface area (Å²) < 4.78 is 5.60. The Hall–Kier alpha value is -0.610. The molecule has 1 heterocycles. The molecule has 2 atom stereocenters. The SMILES string of the molecule is CCCC[C@H](N)C(=O)NCC1(C)CCCO1. The summed E-state index contributed by atoms with van der Waals surface area (Å²) in [6.07, 6.45) is 4.93. The average Bonchev–Trinajstić information content (AvgIpc) is 2.70. The molecule has 4 nitrogen and oxygen atoms in total. The first-order valence-corrected chi connectivity index (χ1v) is 6.24. The molecule has 1 rings (SSSR count). The van der Waals surface area contributed by atoms with Crippen LogP contribution in [0.3, 0.4) is 0 Å². The summed E-state index contributed by atoms with van der Waals surface area (Å²) in [7, 11) is 0. The molecule has 16 heavy (non-hydrogen) atoms. The molecule has 0 aromatic heterocycles. The minimum atomic E-state index is -0.370. The van der Waals surface area contributed by atoms with E-state index < -0.39 is 0 Å². The van der Waals surface area contributed by atoms with Crippen molar-refractivity contribution in [1.29, 1.82) is 0 Å². The number of rotatable bonds is 6. The summed E-state index contributed by atoms with van der Waals surface area (Å²) in [5.74, 6) is -0.0508. The lowest BCUT2D eigenvalue weighted by molar-refractivity contribution is -0.123. The molecule has 0 aromatic rings. The van der Waals surface area contributed by atoms with Crippen molar-refractivity contribution in [3.8, 4) is 0 Å². The summed E-state index contributed by atoms with van der Waals surface area (Å²) >= 11 is 0. The van der Waals surface area contributed by atoms with E-state index in [4.69, 9.17) is 10.5 Å². The van der Waals surface area contributed by atoms with E-state index in [2.05, 4.69) is 12.2 Å². The van der Waals surface area contributed by atoms with E-state index in [0.717, 1.165) is 38.7 Å². The molecule has 0 saturated carbocycles.